The van der Waals surface area contributed by atoms with Crippen LogP contribution < -0.4 is 10.6 Å². The first-order valence-electron chi connectivity index (χ1n) is 6.48. The Labute approximate surface area is 117 Å². The minimum atomic E-state index is -0.695. The van der Waals surface area contributed by atoms with Crippen molar-refractivity contribution in [2.45, 2.75) is 32.9 Å². The summed E-state index contributed by atoms with van der Waals surface area (Å²) in [5.41, 5.74) is 0.230. The summed E-state index contributed by atoms with van der Waals surface area (Å²) in [6.45, 7) is 5.10. The molecule has 0 fully saturated rings. The maximum absolute atomic E-state index is 13.8. The summed E-state index contributed by atoms with van der Waals surface area (Å²) in [5, 5.41) is 14.0. The third-order valence-electron chi connectivity index (χ3n) is 2.90. The molecule has 2 unspecified atom stereocenters. The zero-order chi connectivity index (χ0) is 15.3. The van der Waals surface area contributed by atoms with E-state index in [1.165, 1.54) is 6.07 Å². The molecular formula is C14H20F2N2O2. The molecule has 1 rings (SSSR count). The predicted molar refractivity (Wildman–Crippen MR) is 72.2 cm³/mol. The van der Waals surface area contributed by atoms with Gasteiger partial charge < -0.3 is 15.7 Å². The molecule has 0 spiro atoms. The van der Waals surface area contributed by atoms with E-state index in [-0.39, 0.29) is 18.1 Å². The van der Waals surface area contributed by atoms with Crippen LogP contribution in [0.25, 0.3) is 0 Å². The largest absolute Gasteiger partial charge is 0.394 e. The van der Waals surface area contributed by atoms with Gasteiger partial charge in [0.15, 0.2) is 0 Å². The topological polar surface area (TPSA) is 61.4 Å². The standard InChI is InChI=1S/C14H20F2N2O2/c1-8(2)13(18-14(20)17-9(3)7-19)11-5-4-10(15)6-12(11)16/h4-6,8-9,13,19H,7H2,1-3H3,(H2,17,18,20). The molecule has 1 aromatic carbocycles. The number of amides is 2. The lowest BCUT2D eigenvalue weighted by atomic mass is 9.95. The number of halogens is 2. The summed E-state index contributed by atoms with van der Waals surface area (Å²) in [7, 11) is 0. The highest BCUT2D eigenvalue weighted by Gasteiger charge is 2.22. The molecule has 0 aliphatic heterocycles. The van der Waals surface area contributed by atoms with Crippen LogP contribution >= 0.6 is 0 Å². The van der Waals surface area contributed by atoms with E-state index in [0.29, 0.717) is 0 Å². The Hall–Kier alpha value is -1.69. The normalized spacial score (nSPS) is 13.9. The summed E-state index contributed by atoms with van der Waals surface area (Å²) >= 11 is 0. The number of urea groups is 1. The number of carbonyl (C=O) groups excluding carboxylic acids is 1. The van der Waals surface area contributed by atoms with E-state index in [1.54, 1.807) is 6.92 Å². The molecule has 0 saturated carbocycles. The number of benzene rings is 1. The highest BCUT2D eigenvalue weighted by atomic mass is 19.1. The number of hydrogen-bond acceptors (Lipinski definition) is 2. The molecule has 0 aromatic heterocycles. The Morgan fingerprint density at radius 2 is 1.90 bits per heavy atom. The molecule has 20 heavy (non-hydrogen) atoms. The third-order valence-corrected chi connectivity index (χ3v) is 2.90. The van der Waals surface area contributed by atoms with E-state index >= 15 is 0 Å². The molecule has 0 bridgehead atoms. The van der Waals surface area contributed by atoms with Gasteiger partial charge in [0.2, 0.25) is 0 Å². The zero-order valence-electron chi connectivity index (χ0n) is 11.8. The molecule has 1 aromatic rings. The van der Waals surface area contributed by atoms with Crippen molar-refractivity contribution in [1.82, 2.24) is 10.6 Å². The SMILES string of the molecule is CC(CO)NC(=O)NC(c1ccc(F)cc1F)C(C)C. The monoisotopic (exact) mass is 286 g/mol. The zero-order valence-corrected chi connectivity index (χ0v) is 11.8. The summed E-state index contributed by atoms with van der Waals surface area (Å²) in [5.74, 6) is -1.43. The fourth-order valence-corrected chi connectivity index (χ4v) is 1.81. The van der Waals surface area contributed by atoms with Crippen LogP contribution in [0, 0.1) is 17.6 Å². The minimum absolute atomic E-state index is 0.0786. The molecule has 2 atom stereocenters. The molecule has 0 aliphatic rings. The van der Waals surface area contributed by atoms with Crippen molar-refractivity contribution in [1.29, 1.82) is 0 Å². The fourth-order valence-electron chi connectivity index (χ4n) is 1.81. The predicted octanol–water partition coefficient (Wildman–Crippen LogP) is 2.34. The van der Waals surface area contributed by atoms with Gasteiger partial charge in [-0.25, -0.2) is 13.6 Å². The van der Waals surface area contributed by atoms with Crippen molar-refractivity contribution in [3.8, 4) is 0 Å². The first-order valence-corrected chi connectivity index (χ1v) is 6.48. The Kier molecular flexibility index (Phi) is 5.88. The van der Waals surface area contributed by atoms with Gasteiger partial charge in [-0.2, -0.15) is 0 Å². The number of nitrogens with one attached hydrogen (secondary N) is 2. The maximum atomic E-state index is 13.8. The van der Waals surface area contributed by atoms with Crippen molar-refractivity contribution < 1.29 is 18.7 Å². The van der Waals surface area contributed by atoms with E-state index in [4.69, 9.17) is 5.11 Å². The lowest BCUT2D eigenvalue weighted by Crippen LogP contribution is -2.44. The van der Waals surface area contributed by atoms with Crippen molar-refractivity contribution in [3.05, 3.63) is 35.4 Å². The lowest BCUT2D eigenvalue weighted by Gasteiger charge is -2.24. The second kappa shape index (κ2) is 7.19. The molecule has 4 nitrogen and oxygen atoms in total. The van der Waals surface area contributed by atoms with Crippen LogP contribution in [-0.4, -0.2) is 23.8 Å². The van der Waals surface area contributed by atoms with Crippen LogP contribution in [0.2, 0.25) is 0 Å². The summed E-state index contributed by atoms with van der Waals surface area (Å²) in [6, 6.07) is 1.78. The molecule has 0 aliphatic carbocycles. The molecule has 112 valence electrons. The van der Waals surface area contributed by atoms with Crippen molar-refractivity contribution in [3.63, 3.8) is 0 Å². The quantitative estimate of drug-likeness (QED) is 0.778. The first-order chi connectivity index (χ1) is 9.35. The van der Waals surface area contributed by atoms with E-state index in [2.05, 4.69) is 10.6 Å². The highest BCUT2D eigenvalue weighted by Crippen LogP contribution is 2.24. The second-order valence-corrected chi connectivity index (χ2v) is 5.09. The average Bonchev–Trinajstić information content (AvgIpc) is 2.36. The Bertz CT molecular complexity index is 466. The van der Waals surface area contributed by atoms with Gasteiger partial charge in [0.05, 0.1) is 18.7 Å². The maximum Gasteiger partial charge on any atom is 0.315 e. The minimum Gasteiger partial charge on any atom is -0.394 e. The van der Waals surface area contributed by atoms with Gasteiger partial charge in [0.25, 0.3) is 0 Å². The molecule has 0 radical (unpaired) electrons. The van der Waals surface area contributed by atoms with Crippen LogP contribution in [0.1, 0.15) is 32.4 Å². The van der Waals surface area contributed by atoms with Crippen molar-refractivity contribution >= 4 is 6.03 Å². The average molecular weight is 286 g/mol. The van der Waals surface area contributed by atoms with Crippen LogP contribution in [-0.2, 0) is 0 Å². The van der Waals surface area contributed by atoms with Gasteiger partial charge in [0, 0.05) is 11.6 Å². The van der Waals surface area contributed by atoms with Crippen molar-refractivity contribution in [2.75, 3.05) is 6.61 Å². The van der Waals surface area contributed by atoms with Gasteiger partial charge in [-0.1, -0.05) is 19.9 Å². The Morgan fingerprint density at radius 1 is 1.25 bits per heavy atom. The molecule has 2 amide bonds. The molecule has 0 heterocycles. The van der Waals surface area contributed by atoms with Crippen LogP contribution in [0.5, 0.6) is 0 Å². The summed E-state index contributed by atoms with van der Waals surface area (Å²) < 4.78 is 26.7. The second-order valence-electron chi connectivity index (χ2n) is 5.09. The fraction of sp³-hybridized carbons (Fsp3) is 0.500. The molecule has 0 saturated heterocycles. The molecular weight excluding hydrogens is 266 g/mol. The van der Waals surface area contributed by atoms with Gasteiger partial charge in [-0.05, 0) is 18.9 Å². The van der Waals surface area contributed by atoms with Gasteiger partial charge in [-0.15, -0.1) is 0 Å². The highest BCUT2D eigenvalue weighted by molar-refractivity contribution is 5.74. The molecule has 3 N–H and O–H groups in total. The van der Waals surface area contributed by atoms with E-state index < -0.39 is 29.7 Å². The number of carbonyl (C=O) groups is 1. The van der Waals surface area contributed by atoms with Gasteiger partial charge in [0.1, 0.15) is 11.6 Å². The Morgan fingerprint density at radius 3 is 2.40 bits per heavy atom. The number of aliphatic hydroxyl groups excluding tert-OH is 1. The number of rotatable bonds is 5. The lowest BCUT2D eigenvalue weighted by molar-refractivity contribution is 0.214. The smallest absolute Gasteiger partial charge is 0.315 e. The van der Waals surface area contributed by atoms with Gasteiger partial charge in [-0.3, -0.25) is 0 Å². The Balaban J connectivity index is 2.87. The summed E-state index contributed by atoms with van der Waals surface area (Å²) in [4.78, 5) is 11.7. The third kappa shape index (κ3) is 4.45. The van der Waals surface area contributed by atoms with E-state index in [9.17, 15) is 13.6 Å². The van der Waals surface area contributed by atoms with E-state index in [0.717, 1.165) is 12.1 Å². The van der Waals surface area contributed by atoms with E-state index in [1.807, 2.05) is 13.8 Å². The van der Waals surface area contributed by atoms with Crippen molar-refractivity contribution in [2.24, 2.45) is 5.92 Å². The van der Waals surface area contributed by atoms with Crippen LogP contribution in [0.4, 0.5) is 13.6 Å². The van der Waals surface area contributed by atoms with Crippen LogP contribution in [0.15, 0.2) is 18.2 Å². The number of hydrogen-bond donors (Lipinski definition) is 3. The molecule has 6 heteroatoms. The van der Waals surface area contributed by atoms with Crippen LogP contribution in [0.3, 0.4) is 0 Å². The first kappa shape index (κ1) is 16.4. The number of aliphatic hydroxyl groups is 1. The summed E-state index contributed by atoms with van der Waals surface area (Å²) in [6.07, 6.45) is 0. The van der Waals surface area contributed by atoms with Gasteiger partial charge >= 0.3 is 6.03 Å².